The van der Waals surface area contributed by atoms with Gasteiger partial charge in [-0.1, -0.05) is 0 Å². The summed E-state index contributed by atoms with van der Waals surface area (Å²) >= 11 is 0. The summed E-state index contributed by atoms with van der Waals surface area (Å²) in [4.78, 5) is 12.1. The highest BCUT2D eigenvalue weighted by molar-refractivity contribution is 5.92. The molecule has 0 radical (unpaired) electrons. The molecule has 0 saturated carbocycles. The number of carbonyl (C=O) groups excluding carboxylic acids is 1. The van der Waals surface area contributed by atoms with Crippen LogP contribution >= 0.6 is 12.4 Å². The van der Waals surface area contributed by atoms with E-state index in [1.165, 1.54) is 0 Å². The van der Waals surface area contributed by atoms with Crippen molar-refractivity contribution in [1.82, 2.24) is 5.32 Å². The third-order valence-corrected chi connectivity index (χ3v) is 3.20. The first-order valence-electron chi connectivity index (χ1n) is 6.93. The topological polar surface area (TPSA) is 50.4 Å². The number of amides is 1. The number of carbonyl (C=O) groups is 1. The van der Waals surface area contributed by atoms with Crippen molar-refractivity contribution in [3.05, 3.63) is 24.3 Å². The first kappa shape index (κ1) is 16.8. The molecule has 1 aliphatic heterocycles. The molecule has 4 nitrogen and oxygen atoms in total. The van der Waals surface area contributed by atoms with Crippen LogP contribution < -0.4 is 15.4 Å². The van der Waals surface area contributed by atoms with Crippen LogP contribution in [0.3, 0.4) is 0 Å². The fraction of sp³-hybridized carbons (Fsp3) is 0.533. The van der Waals surface area contributed by atoms with E-state index in [4.69, 9.17) is 4.74 Å². The molecular formula is C15H23ClN2O2. The quantitative estimate of drug-likeness (QED) is 0.899. The van der Waals surface area contributed by atoms with Gasteiger partial charge < -0.3 is 15.4 Å². The minimum absolute atomic E-state index is 0. The van der Waals surface area contributed by atoms with E-state index < -0.39 is 0 Å². The largest absolute Gasteiger partial charge is 0.491 e. The standard InChI is InChI=1S/C15H22N2O2.ClH/c1-11(2)19-14-5-3-13(4-6-14)17-15(18)12-7-9-16-10-8-12;/h3-6,11-12,16H,7-10H2,1-2H3,(H,17,18);1H. The summed E-state index contributed by atoms with van der Waals surface area (Å²) in [6, 6.07) is 7.55. The van der Waals surface area contributed by atoms with Gasteiger partial charge >= 0.3 is 0 Å². The van der Waals surface area contributed by atoms with Crippen molar-refractivity contribution in [3.63, 3.8) is 0 Å². The summed E-state index contributed by atoms with van der Waals surface area (Å²) in [7, 11) is 0. The Bertz CT molecular complexity index is 414. The van der Waals surface area contributed by atoms with Gasteiger partial charge in [0.15, 0.2) is 0 Å². The fourth-order valence-electron chi connectivity index (χ4n) is 2.22. The Morgan fingerprint density at radius 3 is 2.40 bits per heavy atom. The van der Waals surface area contributed by atoms with Gasteiger partial charge in [0.2, 0.25) is 5.91 Å². The molecule has 5 heteroatoms. The van der Waals surface area contributed by atoms with Crippen LogP contribution in [0.25, 0.3) is 0 Å². The Hall–Kier alpha value is -1.26. The molecule has 1 aliphatic rings. The average Bonchev–Trinajstić information content (AvgIpc) is 2.41. The van der Waals surface area contributed by atoms with E-state index in [0.717, 1.165) is 37.4 Å². The van der Waals surface area contributed by atoms with Crippen LogP contribution in [0.2, 0.25) is 0 Å². The van der Waals surface area contributed by atoms with Gasteiger partial charge in [-0.05, 0) is 64.0 Å². The smallest absolute Gasteiger partial charge is 0.227 e. The minimum Gasteiger partial charge on any atom is -0.491 e. The number of rotatable bonds is 4. The Balaban J connectivity index is 0.00000200. The highest BCUT2D eigenvalue weighted by Gasteiger charge is 2.20. The second kappa shape index (κ2) is 8.12. The second-order valence-electron chi connectivity index (χ2n) is 5.20. The maximum atomic E-state index is 12.1. The molecule has 112 valence electrons. The van der Waals surface area contributed by atoms with Gasteiger partial charge in [-0.15, -0.1) is 12.4 Å². The fourth-order valence-corrected chi connectivity index (χ4v) is 2.22. The van der Waals surface area contributed by atoms with Gasteiger partial charge in [0, 0.05) is 11.6 Å². The van der Waals surface area contributed by atoms with E-state index in [1.807, 2.05) is 38.1 Å². The maximum Gasteiger partial charge on any atom is 0.227 e. The second-order valence-corrected chi connectivity index (χ2v) is 5.20. The number of halogens is 1. The zero-order valence-corrected chi connectivity index (χ0v) is 12.8. The number of hydrogen-bond donors (Lipinski definition) is 2. The first-order chi connectivity index (χ1) is 9.15. The molecule has 0 spiro atoms. The van der Waals surface area contributed by atoms with Gasteiger partial charge in [-0.2, -0.15) is 0 Å². The van der Waals surface area contributed by atoms with Gasteiger partial charge in [-0.25, -0.2) is 0 Å². The summed E-state index contributed by atoms with van der Waals surface area (Å²) < 4.78 is 5.57. The molecule has 0 unspecified atom stereocenters. The molecule has 1 aromatic rings. The maximum absolute atomic E-state index is 12.1. The molecule has 0 aliphatic carbocycles. The van der Waals surface area contributed by atoms with E-state index in [0.29, 0.717) is 0 Å². The lowest BCUT2D eigenvalue weighted by molar-refractivity contribution is -0.120. The van der Waals surface area contributed by atoms with Gasteiger partial charge in [0.25, 0.3) is 0 Å². The molecule has 1 saturated heterocycles. The van der Waals surface area contributed by atoms with Crippen molar-refractivity contribution >= 4 is 24.0 Å². The number of benzene rings is 1. The molecule has 0 bridgehead atoms. The van der Waals surface area contributed by atoms with Crippen LogP contribution in [-0.2, 0) is 4.79 Å². The molecule has 2 N–H and O–H groups in total. The summed E-state index contributed by atoms with van der Waals surface area (Å²) in [5.41, 5.74) is 0.833. The van der Waals surface area contributed by atoms with Crippen LogP contribution in [0.1, 0.15) is 26.7 Å². The van der Waals surface area contributed by atoms with Crippen molar-refractivity contribution in [1.29, 1.82) is 0 Å². The Morgan fingerprint density at radius 2 is 1.85 bits per heavy atom. The van der Waals surface area contributed by atoms with E-state index in [1.54, 1.807) is 0 Å². The van der Waals surface area contributed by atoms with Crippen molar-refractivity contribution in [2.24, 2.45) is 5.92 Å². The summed E-state index contributed by atoms with van der Waals surface area (Å²) in [6.45, 7) is 5.85. The number of anilines is 1. The normalized spacial score (nSPS) is 15.6. The van der Waals surface area contributed by atoms with E-state index in [9.17, 15) is 4.79 Å². The first-order valence-corrected chi connectivity index (χ1v) is 6.93. The van der Waals surface area contributed by atoms with Crippen LogP contribution in [0, 0.1) is 5.92 Å². The zero-order chi connectivity index (χ0) is 13.7. The lowest BCUT2D eigenvalue weighted by Gasteiger charge is -2.21. The zero-order valence-electron chi connectivity index (χ0n) is 12.0. The predicted octanol–water partition coefficient (Wildman–Crippen LogP) is 2.83. The van der Waals surface area contributed by atoms with Crippen molar-refractivity contribution in [2.45, 2.75) is 32.8 Å². The SMILES string of the molecule is CC(C)Oc1ccc(NC(=O)C2CCNCC2)cc1.Cl. The summed E-state index contributed by atoms with van der Waals surface area (Å²) in [5, 5.41) is 6.23. The summed E-state index contributed by atoms with van der Waals surface area (Å²) in [5.74, 6) is 1.08. The van der Waals surface area contributed by atoms with Crippen LogP contribution in [0.4, 0.5) is 5.69 Å². The highest BCUT2D eigenvalue weighted by Crippen LogP contribution is 2.19. The molecule has 1 heterocycles. The molecule has 0 aromatic heterocycles. The van der Waals surface area contributed by atoms with Crippen molar-refractivity contribution < 1.29 is 9.53 Å². The van der Waals surface area contributed by atoms with Gasteiger partial charge in [0.1, 0.15) is 5.75 Å². The lowest BCUT2D eigenvalue weighted by atomic mass is 9.97. The molecule has 1 amide bonds. The molecule has 0 atom stereocenters. The minimum atomic E-state index is 0. The van der Waals surface area contributed by atoms with Crippen LogP contribution in [0.15, 0.2) is 24.3 Å². The van der Waals surface area contributed by atoms with Crippen molar-refractivity contribution in [3.8, 4) is 5.75 Å². The van der Waals surface area contributed by atoms with Crippen molar-refractivity contribution in [2.75, 3.05) is 18.4 Å². The Labute approximate surface area is 126 Å². The molecule has 2 rings (SSSR count). The summed E-state index contributed by atoms with van der Waals surface area (Å²) in [6.07, 6.45) is 2.00. The van der Waals surface area contributed by atoms with Crippen LogP contribution in [0.5, 0.6) is 5.75 Å². The van der Waals surface area contributed by atoms with E-state index in [-0.39, 0.29) is 30.3 Å². The predicted molar refractivity (Wildman–Crippen MR) is 83.7 cm³/mol. The number of hydrogen-bond acceptors (Lipinski definition) is 3. The van der Waals surface area contributed by atoms with Crippen LogP contribution in [-0.4, -0.2) is 25.1 Å². The van der Waals surface area contributed by atoms with Gasteiger partial charge in [-0.3, -0.25) is 4.79 Å². The number of ether oxygens (including phenoxy) is 1. The number of piperidine rings is 1. The van der Waals surface area contributed by atoms with Gasteiger partial charge in [0.05, 0.1) is 6.10 Å². The van der Waals surface area contributed by atoms with E-state index >= 15 is 0 Å². The lowest BCUT2D eigenvalue weighted by Crippen LogP contribution is -2.34. The number of nitrogens with one attached hydrogen (secondary N) is 2. The monoisotopic (exact) mass is 298 g/mol. The van der Waals surface area contributed by atoms with E-state index in [2.05, 4.69) is 10.6 Å². The third-order valence-electron chi connectivity index (χ3n) is 3.20. The highest BCUT2D eigenvalue weighted by atomic mass is 35.5. The average molecular weight is 299 g/mol. The molecule has 1 fully saturated rings. The molecular weight excluding hydrogens is 276 g/mol. The molecule has 1 aromatic carbocycles. The third kappa shape index (κ3) is 5.02. The molecule has 20 heavy (non-hydrogen) atoms. The Kier molecular flexibility index (Phi) is 6.82. The Morgan fingerprint density at radius 1 is 1.25 bits per heavy atom.